The molecule has 0 bridgehead atoms. The average molecular weight is 177 g/mol. The summed E-state index contributed by atoms with van der Waals surface area (Å²) in [6, 6.07) is 0.551. The monoisotopic (exact) mass is 177 g/mol. The van der Waals surface area contributed by atoms with Crippen molar-refractivity contribution in [3.8, 4) is 0 Å². The fourth-order valence-corrected chi connectivity index (χ4v) is 2.81. The van der Waals surface area contributed by atoms with Gasteiger partial charge in [0.1, 0.15) is 0 Å². The van der Waals surface area contributed by atoms with Crippen LogP contribution in [0.5, 0.6) is 0 Å². The quantitative estimate of drug-likeness (QED) is 0.711. The summed E-state index contributed by atoms with van der Waals surface area (Å²) in [7, 11) is 2.06. The molecule has 70 valence electrons. The summed E-state index contributed by atoms with van der Waals surface area (Å²) in [5, 5.41) is 3.44. The van der Waals surface area contributed by atoms with E-state index in [1.54, 1.807) is 0 Å². The van der Waals surface area contributed by atoms with Crippen molar-refractivity contribution >= 4 is 0 Å². The van der Waals surface area contributed by atoms with Gasteiger partial charge in [0.2, 0.25) is 0 Å². The Morgan fingerprint density at radius 2 is 2.23 bits per heavy atom. The number of hydrogen-bond acceptors (Lipinski definition) is 2. The standard InChI is InChI=1S/C11H15NO/c1-12-10-9-7-13-6-8(9)2-3-11(10)4-5-11/h6-7,10,12H,2-5H2,1H3. The van der Waals surface area contributed by atoms with Crippen molar-refractivity contribution in [2.45, 2.75) is 31.7 Å². The molecule has 2 aliphatic carbocycles. The lowest BCUT2D eigenvalue weighted by Gasteiger charge is -2.31. The van der Waals surface area contributed by atoms with Crippen LogP contribution in [-0.4, -0.2) is 7.05 Å². The van der Waals surface area contributed by atoms with E-state index in [2.05, 4.69) is 12.4 Å². The SMILES string of the molecule is CNC1c2cocc2CCC12CC2. The Morgan fingerprint density at radius 1 is 1.38 bits per heavy atom. The lowest BCUT2D eigenvalue weighted by Crippen LogP contribution is -2.30. The Bertz CT molecular complexity index is 325. The summed E-state index contributed by atoms with van der Waals surface area (Å²) in [5.74, 6) is 0. The number of furan rings is 1. The number of fused-ring (bicyclic) bond motifs is 1. The number of aryl methyl sites for hydroxylation is 1. The minimum Gasteiger partial charge on any atom is -0.472 e. The maximum absolute atomic E-state index is 5.28. The predicted molar refractivity (Wildman–Crippen MR) is 50.5 cm³/mol. The maximum Gasteiger partial charge on any atom is 0.0953 e. The van der Waals surface area contributed by atoms with Crippen LogP contribution in [-0.2, 0) is 6.42 Å². The van der Waals surface area contributed by atoms with Crippen LogP contribution in [0, 0.1) is 5.41 Å². The number of rotatable bonds is 1. The molecule has 3 rings (SSSR count). The first-order chi connectivity index (χ1) is 6.36. The molecule has 0 aliphatic heterocycles. The Kier molecular flexibility index (Phi) is 1.40. The smallest absolute Gasteiger partial charge is 0.0953 e. The summed E-state index contributed by atoms with van der Waals surface area (Å²) < 4.78 is 5.28. The third-order valence-electron chi connectivity index (χ3n) is 3.77. The second-order valence-electron chi connectivity index (χ2n) is 4.44. The summed E-state index contributed by atoms with van der Waals surface area (Å²) in [6.07, 6.45) is 9.17. The van der Waals surface area contributed by atoms with Crippen molar-refractivity contribution in [2.24, 2.45) is 5.41 Å². The van der Waals surface area contributed by atoms with Crippen LogP contribution in [0.2, 0.25) is 0 Å². The third kappa shape index (κ3) is 0.923. The van der Waals surface area contributed by atoms with Gasteiger partial charge in [0.25, 0.3) is 0 Å². The first kappa shape index (κ1) is 7.63. The van der Waals surface area contributed by atoms with Crippen molar-refractivity contribution in [1.29, 1.82) is 0 Å². The first-order valence-electron chi connectivity index (χ1n) is 5.08. The fourth-order valence-electron chi connectivity index (χ4n) is 2.81. The van der Waals surface area contributed by atoms with Crippen molar-refractivity contribution < 1.29 is 4.42 Å². The topological polar surface area (TPSA) is 25.2 Å². The molecule has 1 atom stereocenters. The van der Waals surface area contributed by atoms with Crippen molar-refractivity contribution in [1.82, 2.24) is 5.32 Å². The summed E-state index contributed by atoms with van der Waals surface area (Å²) in [4.78, 5) is 0. The lowest BCUT2D eigenvalue weighted by molar-refractivity contribution is 0.313. The van der Waals surface area contributed by atoms with E-state index in [1.807, 2.05) is 12.5 Å². The molecule has 1 heterocycles. The van der Waals surface area contributed by atoms with E-state index >= 15 is 0 Å². The van der Waals surface area contributed by atoms with Crippen molar-refractivity contribution in [3.63, 3.8) is 0 Å². The van der Waals surface area contributed by atoms with Crippen LogP contribution in [0.1, 0.15) is 36.4 Å². The van der Waals surface area contributed by atoms with E-state index < -0.39 is 0 Å². The van der Waals surface area contributed by atoms with E-state index in [0.29, 0.717) is 11.5 Å². The summed E-state index contributed by atoms with van der Waals surface area (Å²) in [6.45, 7) is 0. The van der Waals surface area contributed by atoms with Gasteiger partial charge in [0, 0.05) is 11.6 Å². The van der Waals surface area contributed by atoms with Gasteiger partial charge in [0.15, 0.2) is 0 Å². The highest BCUT2D eigenvalue weighted by Crippen LogP contribution is 2.60. The zero-order chi connectivity index (χ0) is 8.89. The minimum absolute atomic E-state index is 0.551. The molecule has 1 N–H and O–H groups in total. The molecule has 1 aromatic heterocycles. The van der Waals surface area contributed by atoms with Crippen LogP contribution in [0.3, 0.4) is 0 Å². The maximum atomic E-state index is 5.28. The average Bonchev–Trinajstić information content (AvgIpc) is 2.76. The zero-order valence-corrected chi connectivity index (χ0v) is 7.97. The molecular weight excluding hydrogens is 162 g/mol. The fraction of sp³-hybridized carbons (Fsp3) is 0.636. The zero-order valence-electron chi connectivity index (χ0n) is 7.97. The number of nitrogens with one attached hydrogen (secondary N) is 1. The Labute approximate surface area is 78.3 Å². The van der Waals surface area contributed by atoms with E-state index in [1.165, 1.54) is 36.8 Å². The highest BCUT2D eigenvalue weighted by molar-refractivity contribution is 5.32. The van der Waals surface area contributed by atoms with Crippen LogP contribution in [0.25, 0.3) is 0 Å². The third-order valence-corrected chi connectivity index (χ3v) is 3.77. The molecule has 1 aromatic rings. The molecule has 1 saturated carbocycles. The molecule has 1 fully saturated rings. The highest BCUT2D eigenvalue weighted by atomic mass is 16.3. The molecule has 1 unspecified atom stereocenters. The van der Waals surface area contributed by atoms with Crippen LogP contribution >= 0.6 is 0 Å². The molecule has 13 heavy (non-hydrogen) atoms. The van der Waals surface area contributed by atoms with E-state index in [-0.39, 0.29) is 0 Å². The van der Waals surface area contributed by atoms with Gasteiger partial charge in [-0.25, -0.2) is 0 Å². The molecule has 0 saturated heterocycles. The lowest BCUT2D eigenvalue weighted by atomic mass is 9.79. The Morgan fingerprint density at radius 3 is 2.92 bits per heavy atom. The van der Waals surface area contributed by atoms with Gasteiger partial charge in [-0.1, -0.05) is 0 Å². The van der Waals surface area contributed by atoms with Crippen LogP contribution in [0.4, 0.5) is 0 Å². The minimum atomic E-state index is 0.551. The molecule has 0 aromatic carbocycles. The molecule has 2 heteroatoms. The van der Waals surface area contributed by atoms with Gasteiger partial charge >= 0.3 is 0 Å². The van der Waals surface area contributed by atoms with Gasteiger partial charge in [-0.2, -0.15) is 0 Å². The Balaban J connectivity index is 2.04. The second-order valence-corrected chi connectivity index (χ2v) is 4.44. The normalized spacial score (nSPS) is 28.8. The predicted octanol–water partition coefficient (Wildman–Crippen LogP) is 2.27. The Hall–Kier alpha value is -0.760. The largest absolute Gasteiger partial charge is 0.472 e. The van der Waals surface area contributed by atoms with Gasteiger partial charge in [-0.3, -0.25) is 0 Å². The molecule has 1 spiro atoms. The molecule has 2 nitrogen and oxygen atoms in total. The molecule has 2 aliphatic rings. The van der Waals surface area contributed by atoms with E-state index in [0.717, 1.165) is 0 Å². The second kappa shape index (κ2) is 2.38. The van der Waals surface area contributed by atoms with E-state index in [9.17, 15) is 0 Å². The van der Waals surface area contributed by atoms with Gasteiger partial charge in [-0.15, -0.1) is 0 Å². The van der Waals surface area contributed by atoms with Crippen molar-refractivity contribution in [3.05, 3.63) is 23.7 Å². The summed E-state index contributed by atoms with van der Waals surface area (Å²) in [5.41, 5.74) is 3.41. The first-order valence-corrected chi connectivity index (χ1v) is 5.08. The van der Waals surface area contributed by atoms with Gasteiger partial charge < -0.3 is 9.73 Å². The molecule has 0 radical (unpaired) electrons. The van der Waals surface area contributed by atoms with Crippen LogP contribution < -0.4 is 5.32 Å². The highest BCUT2D eigenvalue weighted by Gasteiger charge is 2.51. The van der Waals surface area contributed by atoms with Gasteiger partial charge in [-0.05, 0) is 43.7 Å². The summed E-state index contributed by atoms with van der Waals surface area (Å²) >= 11 is 0. The number of hydrogen-bond donors (Lipinski definition) is 1. The van der Waals surface area contributed by atoms with Gasteiger partial charge in [0.05, 0.1) is 12.5 Å². The van der Waals surface area contributed by atoms with Crippen LogP contribution in [0.15, 0.2) is 16.9 Å². The van der Waals surface area contributed by atoms with E-state index in [4.69, 9.17) is 4.42 Å². The molecule has 0 amide bonds. The van der Waals surface area contributed by atoms with Crippen molar-refractivity contribution in [2.75, 3.05) is 7.05 Å². The molecular formula is C11H15NO.